The highest BCUT2D eigenvalue weighted by Gasteiger charge is 2.26. The zero-order valence-electron chi connectivity index (χ0n) is 12.5. The van der Waals surface area contributed by atoms with E-state index < -0.39 is 0 Å². The van der Waals surface area contributed by atoms with Crippen LogP contribution in [-0.2, 0) is 9.59 Å². The van der Waals surface area contributed by atoms with Crippen LogP contribution in [0.4, 0.5) is 0 Å². The number of ether oxygens (including phenoxy) is 1. The number of hydrogen-bond acceptors (Lipinski definition) is 4. The lowest BCUT2D eigenvalue weighted by atomic mass is 10.1. The topological polar surface area (TPSA) is 49.9 Å². The van der Waals surface area contributed by atoms with Crippen molar-refractivity contribution in [2.75, 3.05) is 32.3 Å². The molecule has 2 amide bonds. The Balaban J connectivity index is 2.06. The first-order valence-electron chi connectivity index (χ1n) is 6.78. The molecule has 1 unspecified atom stereocenters. The number of methoxy groups -OCH3 is 1. The van der Waals surface area contributed by atoms with Crippen molar-refractivity contribution in [1.29, 1.82) is 0 Å². The van der Waals surface area contributed by atoms with Gasteiger partial charge in [0.05, 0.1) is 24.8 Å². The molecule has 1 aromatic rings. The van der Waals surface area contributed by atoms with Crippen LogP contribution in [0.1, 0.15) is 18.5 Å². The molecule has 1 aliphatic rings. The van der Waals surface area contributed by atoms with Crippen molar-refractivity contribution in [3.8, 4) is 5.75 Å². The molecule has 0 aliphatic carbocycles. The van der Waals surface area contributed by atoms with Crippen molar-refractivity contribution in [3.63, 3.8) is 0 Å². The first-order valence-corrected chi connectivity index (χ1v) is 7.94. The van der Waals surface area contributed by atoms with E-state index in [4.69, 9.17) is 4.74 Å². The van der Waals surface area contributed by atoms with E-state index in [-0.39, 0.29) is 24.4 Å². The van der Waals surface area contributed by atoms with Crippen molar-refractivity contribution >= 4 is 23.6 Å². The predicted octanol–water partition coefficient (Wildman–Crippen LogP) is 1.75. The molecule has 1 heterocycles. The van der Waals surface area contributed by atoms with Gasteiger partial charge in [0.2, 0.25) is 11.8 Å². The molecule has 1 saturated heterocycles. The smallest absolute Gasteiger partial charge is 0.242 e. The molecule has 5 nitrogen and oxygen atoms in total. The lowest BCUT2D eigenvalue weighted by molar-refractivity contribution is -0.138. The number of carbonyl (C=O) groups excluding carboxylic acids is 2. The summed E-state index contributed by atoms with van der Waals surface area (Å²) in [5.74, 6) is 1.80. The van der Waals surface area contributed by atoms with Crippen molar-refractivity contribution in [3.05, 3.63) is 29.8 Å². The van der Waals surface area contributed by atoms with Crippen LogP contribution in [0.5, 0.6) is 5.75 Å². The van der Waals surface area contributed by atoms with E-state index >= 15 is 0 Å². The second-order valence-corrected chi connectivity index (χ2v) is 5.95. The Morgan fingerprint density at radius 2 is 2.19 bits per heavy atom. The fourth-order valence-electron chi connectivity index (χ4n) is 2.25. The third-order valence-corrected chi connectivity index (χ3v) is 4.66. The van der Waals surface area contributed by atoms with E-state index in [0.717, 1.165) is 11.3 Å². The van der Waals surface area contributed by atoms with Gasteiger partial charge in [0, 0.05) is 12.6 Å². The fourth-order valence-corrected chi connectivity index (χ4v) is 3.16. The van der Waals surface area contributed by atoms with Crippen LogP contribution in [0.25, 0.3) is 0 Å². The molecule has 1 fully saturated rings. The van der Waals surface area contributed by atoms with Crippen LogP contribution in [-0.4, -0.2) is 53.9 Å². The second kappa shape index (κ2) is 6.85. The molecule has 0 bridgehead atoms. The van der Waals surface area contributed by atoms with Gasteiger partial charge in [-0.25, -0.2) is 0 Å². The number of likely N-dealkylation sites (N-methyl/N-ethyl adjacent to an activating group) is 1. The SMILES string of the molecule is COc1ccccc1C(C)N(C)C(=O)CN1CSCC1=O. The zero-order valence-corrected chi connectivity index (χ0v) is 13.4. The lowest BCUT2D eigenvalue weighted by Crippen LogP contribution is -2.40. The molecule has 21 heavy (non-hydrogen) atoms. The Morgan fingerprint density at radius 3 is 2.81 bits per heavy atom. The van der Waals surface area contributed by atoms with Gasteiger partial charge in [0.15, 0.2) is 0 Å². The van der Waals surface area contributed by atoms with Gasteiger partial charge in [-0.05, 0) is 13.0 Å². The zero-order chi connectivity index (χ0) is 15.4. The summed E-state index contributed by atoms with van der Waals surface area (Å²) in [7, 11) is 3.38. The first kappa shape index (κ1) is 15.7. The van der Waals surface area contributed by atoms with Gasteiger partial charge in [-0.1, -0.05) is 18.2 Å². The Bertz CT molecular complexity index is 535. The average Bonchev–Trinajstić information content (AvgIpc) is 2.90. The second-order valence-electron chi connectivity index (χ2n) is 4.99. The van der Waals surface area contributed by atoms with Gasteiger partial charge >= 0.3 is 0 Å². The van der Waals surface area contributed by atoms with E-state index in [1.807, 2.05) is 31.2 Å². The Hall–Kier alpha value is -1.69. The first-order chi connectivity index (χ1) is 10.0. The van der Waals surface area contributed by atoms with Crippen LogP contribution in [0.3, 0.4) is 0 Å². The number of para-hydroxylation sites is 1. The molecular weight excluding hydrogens is 288 g/mol. The summed E-state index contributed by atoms with van der Waals surface area (Å²) in [5.41, 5.74) is 0.956. The average molecular weight is 308 g/mol. The Labute approximate surface area is 129 Å². The highest BCUT2D eigenvalue weighted by atomic mass is 32.2. The largest absolute Gasteiger partial charge is 0.496 e. The number of nitrogens with zero attached hydrogens (tertiary/aromatic N) is 2. The van der Waals surface area contributed by atoms with Crippen LogP contribution >= 0.6 is 11.8 Å². The summed E-state index contributed by atoms with van der Waals surface area (Å²) in [4.78, 5) is 27.2. The quantitative estimate of drug-likeness (QED) is 0.831. The highest BCUT2D eigenvalue weighted by molar-refractivity contribution is 8.00. The minimum Gasteiger partial charge on any atom is -0.496 e. The van der Waals surface area contributed by atoms with Crippen LogP contribution in [0.2, 0.25) is 0 Å². The van der Waals surface area contributed by atoms with Crippen LogP contribution < -0.4 is 4.74 Å². The lowest BCUT2D eigenvalue weighted by Gasteiger charge is -2.28. The molecule has 1 atom stereocenters. The molecule has 1 aromatic carbocycles. The minimum absolute atomic E-state index is 0.0340. The molecule has 0 saturated carbocycles. The number of carbonyl (C=O) groups is 2. The molecule has 0 aromatic heterocycles. The molecule has 0 N–H and O–H groups in total. The Morgan fingerprint density at radius 1 is 1.48 bits per heavy atom. The van der Waals surface area contributed by atoms with E-state index in [2.05, 4.69) is 0 Å². The van der Waals surface area contributed by atoms with Gasteiger partial charge < -0.3 is 14.5 Å². The number of hydrogen-bond donors (Lipinski definition) is 0. The third kappa shape index (κ3) is 3.50. The molecule has 2 rings (SSSR count). The predicted molar refractivity (Wildman–Crippen MR) is 83.2 cm³/mol. The fraction of sp³-hybridized carbons (Fsp3) is 0.467. The van der Waals surface area contributed by atoms with Gasteiger partial charge in [-0.3, -0.25) is 9.59 Å². The summed E-state index contributed by atoms with van der Waals surface area (Å²) < 4.78 is 5.34. The summed E-state index contributed by atoms with van der Waals surface area (Å²) in [6.45, 7) is 2.10. The molecule has 1 aliphatic heterocycles. The van der Waals surface area contributed by atoms with Gasteiger partial charge in [0.25, 0.3) is 0 Å². The summed E-state index contributed by atoms with van der Waals surface area (Å²) >= 11 is 1.54. The standard InChI is InChI=1S/C15H20N2O3S/c1-11(12-6-4-5-7-13(12)20-3)16(2)14(18)8-17-10-21-9-15(17)19/h4-7,11H,8-10H2,1-3H3. The van der Waals surface area contributed by atoms with Crippen LogP contribution in [0, 0.1) is 0 Å². The van der Waals surface area contributed by atoms with Gasteiger partial charge in [0.1, 0.15) is 12.3 Å². The van der Waals surface area contributed by atoms with E-state index in [1.165, 1.54) is 0 Å². The summed E-state index contributed by atoms with van der Waals surface area (Å²) in [6, 6.07) is 7.54. The minimum atomic E-state index is -0.112. The van der Waals surface area contributed by atoms with Crippen molar-refractivity contribution < 1.29 is 14.3 Å². The maximum atomic E-state index is 12.3. The number of amides is 2. The van der Waals surface area contributed by atoms with E-state index in [0.29, 0.717) is 11.6 Å². The summed E-state index contributed by atoms with van der Waals surface area (Å²) in [6.07, 6.45) is 0. The van der Waals surface area contributed by atoms with Gasteiger partial charge in [-0.15, -0.1) is 11.8 Å². The van der Waals surface area contributed by atoms with E-state index in [9.17, 15) is 9.59 Å². The third-order valence-electron chi connectivity index (χ3n) is 3.71. The summed E-state index contributed by atoms with van der Waals surface area (Å²) in [5, 5.41) is 0. The molecule has 114 valence electrons. The molecule has 0 radical (unpaired) electrons. The van der Waals surface area contributed by atoms with Crippen molar-refractivity contribution in [2.24, 2.45) is 0 Å². The molecule has 6 heteroatoms. The molecular formula is C15H20N2O3S. The molecule has 0 spiro atoms. The monoisotopic (exact) mass is 308 g/mol. The van der Waals surface area contributed by atoms with Gasteiger partial charge in [-0.2, -0.15) is 0 Å². The highest BCUT2D eigenvalue weighted by Crippen LogP contribution is 2.28. The number of thioether (sulfide) groups is 1. The maximum Gasteiger partial charge on any atom is 0.242 e. The maximum absolute atomic E-state index is 12.3. The van der Waals surface area contributed by atoms with Crippen molar-refractivity contribution in [1.82, 2.24) is 9.80 Å². The van der Waals surface area contributed by atoms with E-state index in [1.54, 1.807) is 35.7 Å². The van der Waals surface area contributed by atoms with Crippen molar-refractivity contribution in [2.45, 2.75) is 13.0 Å². The van der Waals surface area contributed by atoms with Crippen LogP contribution in [0.15, 0.2) is 24.3 Å². The Kier molecular flexibility index (Phi) is 5.12. The number of rotatable bonds is 5. The number of benzene rings is 1. The normalized spacial score (nSPS) is 16.0.